The molecule has 20 heavy (non-hydrogen) atoms. The molecule has 0 N–H and O–H groups in total. The fraction of sp³-hybridized carbons (Fsp3) is 0.429. The smallest absolute Gasteiger partial charge is 0.373 e. The Hall–Kier alpha value is -1.95. The molecule has 1 aromatic carbocycles. The number of carbonyl (C=O) groups is 1. The van der Waals surface area contributed by atoms with E-state index in [-0.39, 0.29) is 5.56 Å². The Morgan fingerprint density at radius 2 is 1.70 bits per heavy atom. The van der Waals surface area contributed by atoms with Crippen LogP contribution in [-0.4, -0.2) is 33.9 Å². The van der Waals surface area contributed by atoms with E-state index < -0.39 is 5.97 Å². The topological polar surface area (TPSA) is 63.2 Å². The number of rotatable bonds is 8. The van der Waals surface area contributed by atoms with Gasteiger partial charge in [0.2, 0.25) is 5.75 Å². The molecule has 0 aliphatic rings. The van der Waals surface area contributed by atoms with Gasteiger partial charge in [-0.3, -0.25) is 4.89 Å². The molecule has 111 valence electrons. The van der Waals surface area contributed by atoms with Crippen molar-refractivity contribution in [3.8, 4) is 17.2 Å². The van der Waals surface area contributed by atoms with Gasteiger partial charge in [0.1, 0.15) is 0 Å². The number of ether oxygens (including phenoxy) is 3. The molecule has 0 atom stereocenters. The molecule has 6 heteroatoms. The van der Waals surface area contributed by atoms with Crippen LogP contribution in [0.4, 0.5) is 0 Å². The highest BCUT2D eigenvalue weighted by atomic mass is 17.2. The average Bonchev–Trinajstić information content (AvgIpc) is 2.49. The second kappa shape index (κ2) is 8.27. The predicted octanol–water partition coefficient (Wildman–Crippen LogP) is 2.42. The van der Waals surface area contributed by atoms with Gasteiger partial charge in [0.15, 0.2) is 11.5 Å². The zero-order valence-electron chi connectivity index (χ0n) is 11.9. The summed E-state index contributed by atoms with van der Waals surface area (Å²) in [6.07, 6.45) is 1.42. The molecule has 1 aromatic rings. The molecule has 0 bridgehead atoms. The summed E-state index contributed by atoms with van der Waals surface area (Å²) < 4.78 is 15.5. The molecule has 0 heterocycles. The maximum absolute atomic E-state index is 11.8. The molecule has 0 amide bonds. The highest BCUT2D eigenvalue weighted by molar-refractivity contribution is 5.90. The third kappa shape index (κ3) is 4.03. The minimum atomic E-state index is -0.631. The van der Waals surface area contributed by atoms with Crippen LogP contribution < -0.4 is 14.2 Å². The summed E-state index contributed by atoms with van der Waals surface area (Å²) in [6, 6.07) is 2.99. The van der Waals surface area contributed by atoms with Crippen LogP contribution in [0.5, 0.6) is 17.2 Å². The molecule has 6 nitrogen and oxygen atoms in total. The Bertz CT molecular complexity index is 418. The zero-order valence-corrected chi connectivity index (χ0v) is 11.9. The Morgan fingerprint density at radius 3 is 2.15 bits per heavy atom. The summed E-state index contributed by atoms with van der Waals surface area (Å²) in [5, 5.41) is 0. The average molecular weight is 283 g/mol. The van der Waals surface area contributed by atoms with Gasteiger partial charge in [-0.1, -0.05) is 13.3 Å². The normalized spacial score (nSPS) is 10.0. The van der Waals surface area contributed by atoms with Gasteiger partial charge in [0.05, 0.1) is 33.5 Å². The molecule has 0 aromatic heterocycles. The molecule has 0 spiro atoms. The lowest BCUT2D eigenvalue weighted by Gasteiger charge is -2.13. The van der Waals surface area contributed by atoms with E-state index in [0.717, 1.165) is 0 Å². The van der Waals surface area contributed by atoms with Gasteiger partial charge in [-0.2, -0.15) is 4.89 Å². The van der Waals surface area contributed by atoms with Crippen LogP contribution in [0.2, 0.25) is 0 Å². The first-order valence-electron chi connectivity index (χ1n) is 6.11. The lowest BCUT2D eigenvalue weighted by Crippen LogP contribution is -2.08. The van der Waals surface area contributed by atoms with Crippen molar-refractivity contribution in [2.45, 2.75) is 12.8 Å². The maximum Gasteiger partial charge on any atom is 0.373 e. The third-order valence-corrected chi connectivity index (χ3v) is 2.51. The van der Waals surface area contributed by atoms with Crippen LogP contribution in [0.25, 0.3) is 0 Å². The van der Waals surface area contributed by atoms with Crippen LogP contribution in [0.15, 0.2) is 12.1 Å². The molecule has 0 saturated heterocycles. The van der Waals surface area contributed by atoms with Gasteiger partial charge in [-0.05, 0) is 18.6 Å². The van der Waals surface area contributed by atoms with Crippen LogP contribution in [0.3, 0.4) is 0 Å². The van der Waals surface area contributed by atoms with E-state index in [0.29, 0.717) is 36.7 Å². The lowest BCUT2D eigenvalue weighted by molar-refractivity contribution is -0.241. The fourth-order valence-electron chi connectivity index (χ4n) is 1.50. The van der Waals surface area contributed by atoms with E-state index in [4.69, 9.17) is 19.1 Å². The van der Waals surface area contributed by atoms with Gasteiger partial charge >= 0.3 is 5.97 Å². The highest BCUT2D eigenvalue weighted by Gasteiger charge is 2.18. The van der Waals surface area contributed by atoms with Gasteiger partial charge < -0.3 is 14.2 Å². The number of unbranched alkanes of at least 4 members (excludes halogenated alkanes) is 1. The summed E-state index contributed by atoms with van der Waals surface area (Å²) in [6.45, 7) is 3.96. The molecular formula is C14H19O6. The Morgan fingerprint density at radius 1 is 1.10 bits per heavy atom. The van der Waals surface area contributed by atoms with E-state index >= 15 is 0 Å². The quantitative estimate of drug-likeness (QED) is 0.415. The van der Waals surface area contributed by atoms with Gasteiger partial charge in [-0.25, -0.2) is 4.79 Å². The molecule has 1 rings (SSSR count). The predicted molar refractivity (Wildman–Crippen MR) is 72.1 cm³/mol. The SMILES string of the molecule is [CH2]CCCOOC(=O)c1cc(OC)c(OC)c(OC)c1. The number of methoxy groups -OCH3 is 3. The molecule has 0 aliphatic carbocycles. The second-order valence-corrected chi connectivity index (χ2v) is 3.81. The Kier molecular flexibility index (Phi) is 6.66. The minimum Gasteiger partial charge on any atom is -0.493 e. The zero-order chi connectivity index (χ0) is 15.0. The van der Waals surface area contributed by atoms with E-state index in [9.17, 15) is 4.79 Å². The summed E-state index contributed by atoms with van der Waals surface area (Å²) in [4.78, 5) is 21.3. The lowest BCUT2D eigenvalue weighted by atomic mass is 10.2. The number of carbonyl (C=O) groups excluding carboxylic acids is 1. The van der Waals surface area contributed by atoms with Gasteiger partial charge in [0, 0.05) is 0 Å². The van der Waals surface area contributed by atoms with Crippen molar-refractivity contribution in [3.05, 3.63) is 24.6 Å². The summed E-state index contributed by atoms with van der Waals surface area (Å²) in [5.74, 6) is 0.519. The van der Waals surface area contributed by atoms with Crippen LogP contribution >= 0.6 is 0 Å². The summed E-state index contributed by atoms with van der Waals surface area (Å²) in [7, 11) is 4.43. The van der Waals surface area contributed by atoms with E-state index in [1.807, 2.05) is 0 Å². The number of hydrogen-bond acceptors (Lipinski definition) is 6. The third-order valence-electron chi connectivity index (χ3n) is 2.51. The Labute approximate surface area is 118 Å². The summed E-state index contributed by atoms with van der Waals surface area (Å²) >= 11 is 0. The van der Waals surface area contributed by atoms with Gasteiger partial charge in [0.25, 0.3) is 0 Å². The van der Waals surface area contributed by atoms with Crippen molar-refractivity contribution in [1.82, 2.24) is 0 Å². The monoisotopic (exact) mass is 283 g/mol. The van der Waals surface area contributed by atoms with Gasteiger partial charge in [-0.15, -0.1) is 0 Å². The van der Waals surface area contributed by atoms with Crippen LogP contribution in [0.1, 0.15) is 23.2 Å². The summed E-state index contributed by atoms with van der Waals surface area (Å²) in [5.41, 5.74) is 0.245. The van der Waals surface area contributed by atoms with E-state index in [1.54, 1.807) is 0 Å². The van der Waals surface area contributed by atoms with Crippen molar-refractivity contribution < 1.29 is 28.8 Å². The Balaban J connectivity index is 2.86. The minimum absolute atomic E-state index is 0.245. The first-order valence-corrected chi connectivity index (χ1v) is 6.11. The van der Waals surface area contributed by atoms with E-state index in [1.165, 1.54) is 33.5 Å². The fourth-order valence-corrected chi connectivity index (χ4v) is 1.50. The first-order chi connectivity index (χ1) is 9.67. The van der Waals surface area contributed by atoms with Crippen molar-refractivity contribution in [3.63, 3.8) is 0 Å². The van der Waals surface area contributed by atoms with Crippen LogP contribution in [0, 0.1) is 6.92 Å². The first kappa shape index (κ1) is 16.1. The second-order valence-electron chi connectivity index (χ2n) is 3.81. The molecule has 0 saturated carbocycles. The van der Waals surface area contributed by atoms with Crippen molar-refractivity contribution >= 4 is 5.97 Å². The van der Waals surface area contributed by atoms with Crippen LogP contribution in [-0.2, 0) is 9.78 Å². The highest BCUT2D eigenvalue weighted by Crippen LogP contribution is 2.38. The maximum atomic E-state index is 11.8. The largest absolute Gasteiger partial charge is 0.493 e. The van der Waals surface area contributed by atoms with Crippen molar-refractivity contribution in [2.24, 2.45) is 0 Å². The van der Waals surface area contributed by atoms with Crippen molar-refractivity contribution in [1.29, 1.82) is 0 Å². The number of benzene rings is 1. The van der Waals surface area contributed by atoms with E-state index in [2.05, 4.69) is 11.8 Å². The standard InChI is InChI=1S/C14H19O6/c1-5-6-7-19-20-14(15)10-8-11(16-2)13(18-4)12(9-10)17-3/h8-9H,1,5-7H2,2-4H3. The molecule has 0 fully saturated rings. The molecule has 1 radical (unpaired) electrons. The molecular weight excluding hydrogens is 264 g/mol. The molecule has 0 aliphatic heterocycles. The molecule has 0 unspecified atom stereocenters. The van der Waals surface area contributed by atoms with Crippen molar-refractivity contribution in [2.75, 3.05) is 27.9 Å². The number of hydrogen-bond donors (Lipinski definition) is 0.